The SMILES string of the molecule is CN(C)C(CNC(=O)CCc1csc(-c2cccnc2)n1)c1cccs1. The van der Waals surface area contributed by atoms with Gasteiger partial charge in [-0.3, -0.25) is 9.78 Å². The lowest BCUT2D eigenvalue weighted by molar-refractivity contribution is -0.121. The molecule has 0 aromatic carbocycles. The van der Waals surface area contributed by atoms with E-state index in [0.29, 0.717) is 19.4 Å². The second-order valence-electron chi connectivity index (χ2n) is 6.18. The zero-order chi connectivity index (χ0) is 18.4. The molecule has 0 aliphatic heterocycles. The van der Waals surface area contributed by atoms with Gasteiger partial charge < -0.3 is 10.2 Å². The maximum absolute atomic E-state index is 12.2. The summed E-state index contributed by atoms with van der Waals surface area (Å²) in [6, 6.07) is 8.25. The van der Waals surface area contributed by atoms with E-state index in [1.54, 1.807) is 35.1 Å². The molecule has 0 aliphatic rings. The van der Waals surface area contributed by atoms with E-state index in [1.807, 2.05) is 37.7 Å². The molecule has 1 unspecified atom stereocenters. The van der Waals surface area contributed by atoms with E-state index in [0.717, 1.165) is 16.3 Å². The van der Waals surface area contributed by atoms with Crippen molar-refractivity contribution in [2.75, 3.05) is 20.6 Å². The van der Waals surface area contributed by atoms with Crippen molar-refractivity contribution in [3.05, 3.63) is 58.0 Å². The topological polar surface area (TPSA) is 58.1 Å². The van der Waals surface area contributed by atoms with Crippen LogP contribution < -0.4 is 5.32 Å². The van der Waals surface area contributed by atoms with Crippen LogP contribution in [0, 0.1) is 0 Å². The number of thiophene rings is 1. The van der Waals surface area contributed by atoms with Crippen LogP contribution >= 0.6 is 22.7 Å². The van der Waals surface area contributed by atoms with Crippen molar-refractivity contribution >= 4 is 28.6 Å². The monoisotopic (exact) mass is 386 g/mol. The second kappa shape index (κ2) is 9.02. The Hall–Kier alpha value is -2.09. The molecule has 1 N–H and O–H groups in total. The molecule has 0 aliphatic carbocycles. The third-order valence-electron chi connectivity index (χ3n) is 4.06. The molecule has 1 amide bonds. The number of carbonyl (C=O) groups excluding carboxylic acids is 1. The first-order valence-electron chi connectivity index (χ1n) is 8.45. The maximum atomic E-state index is 12.2. The lowest BCUT2D eigenvalue weighted by Crippen LogP contribution is -2.34. The number of nitrogens with one attached hydrogen (secondary N) is 1. The average molecular weight is 387 g/mol. The molecule has 0 fully saturated rings. The number of aryl methyl sites for hydroxylation is 1. The van der Waals surface area contributed by atoms with E-state index in [4.69, 9.17) is 0 Å². The number of nitrogens with zero attached hydrogens (tertiary/aromatic N) is 3. The number of aromatic nitrogens is 2. The molecular weight excluding hydrogens is 364 g/mol. The van der Waals surface area contributed by atoms with Crippen LogP contribution in [0.15, 0.2) is 47.4 Å². The van der Waals surface area contributed by atoms with Gasteiger partial charge in [0.25, 0.3) is 0 Å². The summed E-state index contributed by atoms with van der Waals surface area (Å²) in [7, 11) is 4.07. The van der Waals surface area contributed by atoms with Gasteiger partial charge in [-0.05, 0) is 44.1 Å². The van der Waals surface area contributed by atoms with Gasteiger partial charge in [-0.25, -0.2) is 4.98 Å². The molecule has 1 atom stereocenters. The molecule has 0 spiro atoms. The summed E-state index contributed by atoms with van der Waals surface area (Å²) in [5.74, 6) is 0.0596. The third-order valence-corrected chi connectivity index (χ3v) is 5.97. The van der Waals surface area contributed by atoms with Crippen molar-refractivity contribution in [2.24, 2.45) is 0 Å². The van der Waals surface area contributed by atoms with Crippen molar-refractivity contribution in [2.45, 2.75) is 18.9 Å². The average Bonchev–Trinajstić information content (AvgIpc) is 3.33. The van der Waals surface area contributed by atoms with E-state index >= 15 is 0 Å². The molecule has 3 aromatic rings. The summed E-state index contributed by atoms with van der Waals surface area (Å²) in [5.41, 5.74) is 1.96. The van der Waals surface area contributed by atoms with Crippen molar-refractivity contribution in [1.82, 2.24) is 20.2 Å². The maximum Gasteiger partial charge on any atom is 0.220 e. The zero-order valence-electron chi connectivity index (χ0n) is 14.9. The number of hydrogen-bond donors (Lipinski definition) is 1. The van der Waals surface area contributed by atoms with Crippen molar-refractivity contribution in [3.8, 4) is 10.6 Å². The van der Waals surface area contributed by atoms with Crippen molar-refractivity contribution in [1.29, 1.82) is 0 Å². The van der Waals surface area contributed by atoms with Crippen LogP contribution in [0.5, 0.6) is 0 Å². The largest absolute Gasteiger partial charge is 0.354 e. The first kappa shape index (κ1) is 18.7. The predicted molar refractivity (Wildman–Crippen MR) is 107 cm³/mol. The Morgan fingerprint density at radius 2 is 2.15 bits per heavy atom. The van der Waals surface area contributed by atoms with Crippen molar-refractivity contribution < 1.29 is 4.79 Å². The molecule has 0 radical (unpaired) electrons. The van der Waals surface area contributed by atoms with Crippen LogP contribution in [-0.4, -0.2) is 41.4 Å². The van der Waals surface area contributed by atoms with E-state index < -0.39 is 0 Å². The lowest BCUT2D eigenvalue weighted by Gasteiger charge is -2.23. The van der Waals surface area contributed by atoms with Gasteiger partial charge in [0.05, 0.1) is 11.7 Å². The minimum absolute atomic E-state index is 0.0596. The molecule has 3 rings (SSSR count). The van der Waals surface area contributed by atoms with E-state index in [-0.39, 0.29) is 11.9 Å². The number of hydrogen-bond acceptors (Lipinski definition) is 6. The van der Waals surface area contributed by atoms with Gasteiger partial charge in [0, 0.05) is 41.2 Å². The molecule has 3 aromatic heterocycles. The Morgan fingerprint density at radius 1 is 1.27 bits per heavy atom. The van der Waals surface area contributed by atoms with Gasteiger partial charge in [0.2, 0.25) is 5.91 Å². The highest BCUT2D eigenvalue weighted by molar-refractivity contribution is 7.13. The summed E-state index contributed by atoms with van der Waals surface area (Å²) < 4.78 is 0. The van der Waals surface area contributed by atoms with Gasteiger partial charge in [0.15, 0.2) is 0 Å². The quantitative estimate of drug-likeness (QED) is 0.642. The van der Waals surface area contributed by atoms with E-state index in [2.05, 4.69) is 31.6 Å². The summed E-state index contributed by atoms with van der Waals surface area (Å²) in [4.78, 5) is 24.3. The Kier molecular flexibility index (Phi) is 6.49. The Morgan fingerprint density at radius 3 is 2.85 bits per heavy atom. The van der Waals surface area contributed by atoms with Gasteiger partial charge >= 0.3 is 0 Å². The first-order valence-corrected chi connectivity index (χ1v) is 10.2. The number of carbonyl (C=O) groups is 1. The van der Waals surface area contributed by atoms with Crippen LogP contribution in [-0.2, 0) is 11.2 Å². The van der Waals surface area contributed by atoms with Crippen LogP contribution in [0.1, 0.15) is 23.0 Å². The summed E-state index contributed by atoms with van der Waals surface area (Å²) >= 11 is 3.30. The lowest BCUT2D eigenvalue weighted by atomic mass is 10.2. The third kappa shape index (κ3) is 4.97. The number of rotatable bonds is 8. The Bertz CT molecular complexity index is 815. The normalized spacial score (nSPS) is 12.3. The van der Waals surface area contributed by atoms with Gasteiger partial charge in [-0.15, -0.1) is 22.7 Å². The van der Waals surface area contributed by atoms with Crippen LogP contribution in [0.25, 0.3) is 10.6 Å². The van der Waals surface area contributed by atoms with Gasteiger partial charge in [-0.1, -0.05) is 6.07 Å². The fourth-order valence-electron chi connectivity index (χ4n) is 2.60. The molecule has 0 bridgehead atoms. The van der Waals surface area contributed by atoms with Gasteiger partial charge in [-0.2, -0.15) is 0 Å². The van der Waals surface area contributed by atoms with E-state index in [9.17, 15) is 4.79 Å². The van der Waals surface area contributed by atoms with Crippen LogP contribution in [0.2, 0.25) is 0 Å². The fourth-order valence-corrected chi connectivity index (χ4v) is 4.37. The Labute approximate surface area is 161 Å². The molecular formula is C19H22N4OS2. The molecule has 0 saturated heterocycles. The first-order chi connectivity index (χ1) is 12.6. The van der Waals surface area contributed by atoms with Gasteiger partial charge in [0.1, 0.15) is 5.01 Å². The van der Waals surface area contributed by atoms with Crippen LogP contribution in [0.4, 0.5) is 0 Å². The molecule has 136 valence electrons. The molecule has 5 nitrogen and oxygen atoms in total. The fraction of sp³-hybridized carbons (Fsp3) is 0.316. The molecule has 3 heterocycles. The highest BCUT2D eigenvalue weighted by Crippen LogP contribution is 2.24. The van der Waals surface area contributed by atoms with Crippen LogP contribution in [0.3, 0.4) is 0 Å². The minimum atomic E-state index is 0.0596. The number of thiazole rings is 1. The Balaban J connectivity index is 1.49. The molecule has 26 heavy (non-hydrogen) atoms. The highest BCUT2D eigenvalue weighted by Gasteiger charge is 2.16. The minimum Gasteiger partial charge on any atom is -0.354 e. The standard InChI is InChI=1S/C19H22N4OS2/c1-23(2)16(17-6-4-10-25-17)12-21-18(24)8-7-15-13-26-19(22-15)14-5-3-9-20-11-14/h3-6,9-11,13,16H,7-8,12H2,1-2H3,(H,21,24). The zero-order valence-corrected chi connectivity index (χ0v) is 16.5. The van der Waals surface area contributed by atoms with E-state index in [1.165, 1.54) is 4.88 Å². The predicted octanol–water partition coefficient (Wildman–Crippen LogP) is 3.62. The highest BCUT2D eigenvalue weighted by atomic mass is 32.1. The molecule has 0 saturated carbocycles. The number of likely N-dealkylation sites (N-methyl/N-ethyl adjacent to an activating group) is 1. The summed E-state index contributed by atoms with van der Waals surface area (Å²) in [5, 5.41) is 8.08. The number of amides is 1. The number of pyridine rings is 1. The van der Waals surface area contributed by atoms with Crippen molar-refractivity contribution in [3.63, 3.8) is 0 Å². The second-order valence-corrected chi connectivity index (χ2v) is 8.02. The smallest absolute Gasteiger partial charge is 0.220 e. The summed E-state index contributed by atoms with van der Waals surface area (Å²) in [6.07, 6.45) is 4.65. The molecule has 7 heteroatoms. The summed E-state index contributed by atoms with van der Waals surface area (Å²) in [6.45, 7) is 0.615.